The van der Waals surface area contributed by atoms with Crippen molar-refractivity contribution in [2.24, 2.45) is 5.73 Å². The average molecular weight is 271 g/mol. The molecule has 2 rings (SSSR count). The van der Waals surface area contributed by atoms with Crippen LogP contribution in [-0.4, -0.2) is 36.2 Å². The van der Waals surface area contributed by atoms with E-state index in [1.165, 1.54) is 25.7 Å². The van der Waals surface area contributed by atoms with Crippen LogP contribution in [0.25, 0.3) is 0 Å². The van der Waals surface area contributed by atoms with Gasteiger partial charge in [0.1, 0.15) is 5.02 Å². The first-order valence-electron chi connectivity index (χ1n) is 6.29. The van der Waals surface area contributed by atoms with E-state index >= 15 is 0 Å². The predicted octanol–water partition coefficient (Wildman–Crippen LogP) is 1.85. The Morgan fingerprint density at radius 3 is 2.83 bits per heavy atom. The van der Waals surface area contributed by atoms with Gasteiger partial charge < -0.3 is 15.4 Å². The highest BCUT2D eigenvalue weighted by Crippen LogP contribution is 2.31. The van der Waals surface area contributed by atoms with Crippen molar-refractivity contribution in [2.45, 2.75) is 31.7 Å². The van der Waals surface area contributed by atoms with Gasteiger partial charge in [-0.15, -0.1) is 0 Å². The van der Waals surface area contributed by atoms with Crippen molar-refractivity contribution in [3.05, 3.63) is 11.2 Å². The van der Waals surface area contributed by atoms with Crippen LogP contribution in [0, 0.1) is 0 Å². The van der Waals surface area contributed by atoms with Gasteiger partial charge in [0.05, 0.1) is 13.3 Å². The molecule has 1 fully saturated rings. The number of aromatic nitrogens is 2. The number of hydrogen-bond donors (Lipinski definition) is 1. The molecule has 0 unspecified atom stereocenters. The molecule has 1 aromatic heterocycles. The highest BCUT2D eigenvalue weighted by Gasteiger charge is 2.25. The van der Waals surface area contributed by atoms with Gasteiger partial charge in [-0.1, -0.05) is 24.4 Å². The Balaban J connectivity index is 2.28. The van der Waals surface area contributed by atoms with Gasteiger partial charge in [0, 0.05) is 19.1 Å². The minimum absolute atomic E-state index is 0.342. The Morgan fingerprint density at radius 2 is 2.22 bits per heavy atom. The van der Waals surface area contributed by atoms with Gasteiger partial charge in [-0.3, -0.25) is 0 Å². The van der Waals surface area contributed by atoms with Crippen molar-refractivity contribution < 1.29 is 4.74 Å². The van der Waals surface area contributed by atoms with E-state index < -0.39 is 0 Å². The van der Waals surface area contributed by atoms with Gasteiger partial charge in [-0.25, -0.2) is 4.98 Å². The van der Waals surface area contributed by atoms with Gasteiger partial charge in [-0.05, 0) is 12.8 Å². The summed E-state index contributed by atoms with van der Waals surface area (Å²) in [6.45, 7) is 1.34. The Kier molecular flexibility index (Phi) is 4.60. The number of hydrogen-bond acceptors (Lipinski definition) is 5. The molecule has 100 valence electrons. The summed E-state index contributed by atoms with van der Waals surface area (Å²) >= 11 is 6.20. The molecular formula is C12H19ClN4O. The lowest BCUT2D eigenvalue weighted by Gasteiger charge is -2.30. The Bertz CT molecular complexity index is 396. The second-order valence-corrected chi connectivity index (χ2v) is 4.86. The Labute approximate surface area is 112 Å². The molecule has 0 bridgehead atoms. The zero-order chi connectivity index (χ0) is 13.0. The minimum atomic E-state index is 0.342. The molecule has 6 heteroatoms. The van der Waals surface area contributed by atoms with Crippen molar-refractivity contribution in [1.82, 2.24) is 9.97 Å². The van der Waals surface area contributed by atoms with E-state index in [1.807, 2.05) is 0 Å². The minimum Gasteiger partial charge on any atom is -0.467 e. The lowest BCUT2D eigenvalue weighted by Crippen LogP contribution is -2.38. The number of anilines is 1. The maximum atomic E-state index is 6.20. The van der Waals surface area contributed by atoms with Gasteiger partial charge >= 0.3 is 6.01 Å². The Morgan fingerprint density at radius 1 is 1.50 bits per heavy atom. The molecule has 0 spiro atoms. The monoisotopic (exact) mass is 270 g/mol. The summed E-state index contributed by atoms with van der Waals surface area (Å²) < 4.78 is 5.06. The molecule has 0 aliphatic heterocycles. The fourth-order valence-corrected chi connectivity index (χ4v) is 2.66. The molecule has 18 heavy (non-hydrogen) atoms. The molecule has 5 nitrogen and oxygen atoms in total. The molecule has 0 saturated heterocycles. The van der Waals surface area contributed by atoms with E-state index in [9.17, 15) is 0 Å². The normalized spacial score (nSPS) is 15.9. The number of halogens is 1. The number of nitrogens with zero attached hydrogens (tertiary/aromatic N) is 3. The topological polar surface area (TPSA) is 64.3 Å². The third-order valence-corrected chi connectivity index (χ3v) is 3.56. The largest absolute Gasteiger partial charge is 0.467 e. The van der Waals surface area contributed by atoms with Crippen LogP contribution in [0.5, 0.6) is 6.01 Å². The summed E-state index contributed by atoms with van der Waals surface area (Å²) in [4.78, 5) is 10.6. The molecule has 0 radical (unpaired) electrons. The van der Waals surface area contributed by atoms with Crippen molar-refractivity contribution >= 4 is 17.4 Å². The molecule has 0 aromatic carbocycles. The summed E-state index contributed by atoms with van der Waals surface area (Å²) in [5.41, 5.74) is 5.70. The van der Waals surface area contributed by atoms with E-state index in [4.69, 9.17) is 22.1 Å². The highest BCUT2D eigenvalue weighted by molar-refractivity contribution is 6.32. The number of nitrogens with two attached hydrogens (primary N) is 1. The first-order valence-corrected chi connectivity index (χ1v) is 6.67. The molecule has 1 heterocycles. The second kappa shape index (κ2) is 6.20. The SMILES string of the molecule is COc1ncc(Cl)c(N(CCN)C2CCCC2)n1. The van der Waals surface area contributed by atoms with E-state index in [0.29, 0.717) is 23.6 Å². The molecule has 1 aromatic rings. The number of methoxy groups -OCH3 is 1. The lowest BCUT2D eigenvalue weighted by molar-refractivity contribution is 0.379. The van der Waals surface area contributed by atoms with Crippen molar-refractivity contribution in [3.63, 3.8) is 0 Å². The third kappa shape index (κ3) is 2.84. The zero-order valence-corrected chi connectivity index (χ0v) is 11.4. The second-order valence-electron chi connectivity index (χ2n) is 4.45. The summed E-state index contributed by atoms with van der Waals surface area (Å²) in [7, 11) is 1.55. The summed E-state index contributed by atoms with van der Waals surface area (Å²) in [6.07, 6.45) is 6.43. The van der Waals surface area contributed by atoms with Crippen LogP contribution in [0.4, 0.5) is 5.82 Å². The quantitative estimate of drug-likeness (QED) is 0.885. The lowest BCUT2D eigenvalue weighted by atomic mass is 10.2. The van der Waals surface area contributed by atoms with E-state index in [1.54, 1.807) is 13.3 Å². The van der Waals surface area contributed by atoms with Crippen LogP contribution in [0.2, 0.25) is 5.02 Å². The molecule has 1 aliphatic carbocycles. The molecule has 1 aliphatic rings. The number of rotatable bonds is 5. The molecule has 0 amide bonds. The first kappa shape index (κ1) is 13.4. The van der Waals surface area contributed by atoms with Crippen molar-refractivity contribution in [2.75, 3.05) is 25.1 Å². The summed E-state index contributed by atoms with van der Waals surface area (Å²) in [5, 5.41) is 0.552. The van der Waals surface area contributed by atoms with Crippen molar-refractivity contribution in [3.8, 4) is 6.01 Å². The standard InChI is InChI=1S/C12H19ClN4O/c1-18-12-15-8-10(13)11(16-12)17(7-6-14)9-4-2-3-5-9/h8-9H,2-7,14H2,1H3. The van der Waals surface area contributed by atoms with Crippen LogP contribution < -0.4 is 15.4 Å². The van der Waals surface area contributed by atoms with Gasteiger partial charge in [0.15, 0.2) is 5.82 Å². The maximum Gasteiger partial charge on any atom is 0.318 e. The predicted molar refractivity (Wildman–Crippen MR) is 72.3 cm³/mol. The summed E-state index contributed by atoms with van der Waals surface area (Å²) in [5.74, 6) is 0.737. The fourth-order valence-electron chi connectivity index (χ4n) is 2.46. The fraction of sp³-hybridized carbons (Fsp3) is 0.667. The zero-order valence-electron chi connectivity index (χ0n) is 10.6. The van der Waals surface area contributed by atoms with Crippen LogP contribution in [0.3, 0.4) is 0 Å². The smallest absolute Gasteiger partial charge is 0.318 e. The van der Waals surface area contributed by atoms with Crippen molar-refractivity contribution in [1.29, 1.82) is 0 Å². The van der Waals surface area contributed by atoms with E-state index in [2.05, 4.69) is 14.9 Å². The number of ether oxygens (including phenoxy) is 1. The average Bonchev–Trinajstić information content (AvgIpc) is 2.91. The van der Waals surface area contributed by atoms with Crippen LogP contribution in [0.1, 0.15) is 25.7 Å². The first-order chi connectivity index (χ1) is 8.76. The molecule has 1 saturated carbocycles. The van der Waals surface area contributed by atoms with Crippen LogP contribution >= 0.6 is 11.6 Å². The van der Waals surface area contributed by atoms with E-state index in [0.717, 1.165) is 12.4 Å². The molecule has 2 N–H and O–H groups in total. The van der Waals surface area contributed by atoms with Gasteiger partial charge in [0.25, 0.3) is 0 Å². The third-order valence-electron chi connectivity index (χ3n) is 3.29. The van der Waals surface area contributed by atoms with Crippen LogP contribution in [0.15, 0.2) is 6.20 Å². The Hall–Kier alpha value is -1.07. The highest BCUT2D eigenvalue weighted by atomic mass is 35.5. The maximum absolute atomic E-state index is 6.20. The van der Waals surface area contributed by atoms with Gasteiger partial charge in [0.2, 0.25) is 0 Å². The van der Waals surface area contributed by atoms with E-state index in [-0.39, 0.29) is 0 Å². The molecule has 0 atom stereocenters. The summed E-state index contributed by atoms with van der Waals surface area (Å²) in [6, 6.07) is 0.820. The van der Waals surface area contributed by atoms with Gasteiger partial charge in [-0.2, -0.15) is 4.98 Å². The molecular weight excluding hydrogens is 252 g/mol. The van der Waals surface area contributed by atoms with Crippen LogP contribution in [-0.2, 0) is 0 Å².